The van der Waals surface area contributed by atoms with Gasteiger partial charge in [-0.3, -0.25) is 19.3 Å². The van der Waals surface area contributed by atoms with Gasteiger partial charge in [-0.05, 0) is 56.5 Å². The van der Waals surface area contributed by atoms with Crippen molar-refractivity contribution in [3.63, 3.8) is 0 Å². The van der Waals surface area contributed by atoms with E-state index in [1.54, 1.807) is 4.90 Å². The van der Waals surface area contributed by atoms with Gasteiger partial charge in [0.15, 0.2) is 5.78 Å². The molecule has 4 aliphatic rings. The number of nitrogens with zero attached hydrogens (tertiary/aromatic N) is 3. The number of rotatable bonds is 6. The average Bonchev–Trinajstić information content (AvgIpc) is 3.58. The van der Waals surface area contributed by atoms with Crippen LogP contribution in [-0.4, -0.2) is 91.0 Å². The van der Waals surface area contributed by atoms with Crippen LogP contribution in [0.1, 0.15) is 55.8 Å². The molecule has 8 heteroatoms. The number of hydrogen-bond donors (Lipinski definition) is 1. The maximum absolute atomic E-state index is 13.7. The molecule has 0 unspecified atom stereocenters. The van der Waals surface area contributed by atoms with E-state index in [1.807, 2.05) is 24.3 Å². The molecule has 2 amide bonds. The summed E-state index contributed by atoms with van der Waals surface area (Å²) in [6, 6.07) is 7.24. The van der Waals surface area contributed by atoms with Gasteiger partial charge in [0.2, 0.25) is 5.91 Å². The van der Waals surface area contributed by atoms with E-state index >= 15 is 0 Å². The van der Waals surface area contributed by atoms with Crippen LogP contribution in [0.3, 0.4) is 0 Å². The number of Topliss-reactive ketones (excluding diaryl/α,β-unsaturated/α-hetero) is 1. The Hall–Kier alpha value is -2.45. The van der Waals surface area contributed by atoms with Crippen LogP contribution >= 0.6 is 0 Å². The lowest BCUT2D eigenvalue weighted by atomic mass is 9.93. The number of anilines is 1. The highest BCUT2D eigenvalue weighted by atomic mass is 16.5. The molecule has 1 aromatic rings. The number of nitrogens with one attached hydrogen (secondary N) is 1. The molecule has 1 aliphatic carbocycles. The fourth-order valence-corrected chi connectivity index (χ4v) is 6.13. The highest BCUT2D eigenvalue weighted by molar-refractivity contribution is 6.01. The summed E-state index contributed by atoms with van der Waals surface area (Å²) in [4.78, 5) is 45.7. The van der Waals surface area contributed by atoms with E-state index in [0.29, 0.717) is 31.4 Å². The standard InChI is InChI=1S/C26H36N4O4/c1-2-12-28-14-16-29(17-15-28)20-7-5-19(6-8-20)24(32)27-26(10-3-4-11-26)25(33)30-13-9-22-23(30)21(31)18-34-22/h5-8,22-23H,2-4,9-18H2,1H3,(H,27,32)/t22-,23-/m1/s1. The van der Waals surface area contributed by atoms with E-state index in [-0.39, 0.29) is 30.3 Å². The van der Waals surface area contributed by atoms with Crippen LogP contribution in [-0.2, 0) is 14.3 Å². The molecule has 3 saturated heterocycles. The molecule has 8 nitrogen and oxygen atoms in total. The van der Waals surface area contributed by atoms with Gasteiger partial charge in [0, 0.05) is 44.0 Å². The molecule has 1 saturated carbocycles. The van der Waals surface area contributed by atoms with E-state index in [0.717, 1.165) is 51.3 Å². The van der Waals surface area contributed by atoms with Crippen LogP contribution in [0.5, 0.6) is 0 Å². The van der Waals surface area contributed by atoms with Crippen LogP contribution in [0.2, 0.25) is 0 Å². The third-order valence-electron chi connectivity index (χ3n) is 8.00. The first kappa shape index (κ1) is 23.3. The van der Waals surface area contributed by atoms with Crippen molar-refractivity contribution in [1.29, 1.82) is 0 Å². The molecule has 184 valence electrons. The highest BCUT2D eigenvalue weighted by Gasteiger charge is 2.53. The number of ketones is 1. The lowest BCUT2D eigenvalue weighted by molar-refractivity contribution is -0.142. The molecule has 3 aliphatic heterocycles. The summed E-state index contributed by atoms with van der Waals surface area (Å²) in [6.45, 7) is 8.06. The van der Waals surface area contributed by atoms with Crippen molar-refractivity contribution in [2.45, 2.75) is 63.1 Å². The Labute approximate surface area is 201 Å². The van der Waals surface area contributed by atoms with Gasteiger partial charge < -0.3 is 19.9 Å². The Balaban J connectivity index is 1.25. The van der Waals surface area contributed by atoms with Gasteiger partial charge in [-0.1, -0.05) is 19.8 Å². The molecule has 2 atom stereocenters. The van der Waals surface area contributed by atoms with Crippen molar-refractivity contribution in [3.05, 3.63) is 29.8 Å². The number of carbonyl (C=O) groups excluding carboxylic acids is 3. The third-order valence-corrected chi connectivity index (χ3v) is 8.00. The quantitative estimate of drug-likeness (QED) is 0.686. The topological polar surface area (TPSA) is 82.2 Å². The molecule has 0 aromatic heterocycles. The van der Waals surface area contributed by atoms with Crippen molar-refractivity contribution >= 4 is 23.3 Å². The number of carbonyl (C=O) groups is 3. The molecule has 34 heavy (non-hydrogen) atoms. The van der Waals surface area contributed by atoms with Gasteiger partial charge in [-0.2, -0.15) is 0 Å². The third kappa shape index (κ3) is 4.33. The maximum Gasteiger partial charge on any atom is 0.252 e. The number of piperazine rings is 1. The minimum Gasteiger partial charge on any atom is -0.369 e. The van der Waals surface area contributed by atoms with Crippen molar-refractivity contribution in [2.24, 2.45) is 0 Å². The predicted molar refractivity (Wildman–Crippen MR) is 129 cm³/mol. The van der Waals surface area contributed by atoms with E-state index in [4.69, 9.17) is 4.74 Å². The minimum atomic E-state index is -0.927. The van der Waals surface area contributed by atoms with Crippen LogP contribution in [0.15, 0.2) is 24.3 Å². The Morgan fingerprint density at radius 2 is 1.76 bits per heavy atom. The summed E-state index contributed by atoms with van der Waals surface area (Å²) >= 11 is 0. The average molecular weight is 469 g/mol. The number of ether oxygens (including phenoxy) is 1. The van der Waals surface area contributed by atoms with E-state index < -0.39 is 11.6 Å². The van der Waals surface area contributed by atoms with Crippen LogP contribution < -0.4 is 10.2 Å². The zero-order valence-electron chi connectivity index (χ0n) is 20.1. The van der Waals surface area contributed by atoms with Crippen LogP contribution in [0.25, 0.3) is 0 Å². The Morgan fingerprint density at radius 3 is 2.44 bits per heavy atom. The van der Waals surface area contributed by atoms with Crippen molar-refractivity contribution in [3.8, 4) is 0 Å². The molecule has 3 heterocycles. The zero-order chi connectivity index (χ0) is 23.7. The first-order valence-electron chi connectivity index (χ1n) is 12.9. The molecular weight excluding hydrogens is 432 g/mol. The lowest BCUT2D eigenvalue weighted by Crippen LogP contribution is -2.60. The van der Waals surface area contributed by atoms with E-state index in [2.05, 4.69) is 22.0 Å². The summed E-state index contributed by atoms with van der Waals surface area (Å²) < 4.78 is 5.56. The second-order valence-corrected chi connectivity index (χ2v) is 10.2. The fraction of sp³-hybridized carbons (Fsp3) is 0.654. The number of likely N-dealkylation sites (tertiary alicyclic amines) is 1. The normalized spacial score (nSPS) is 26.7. The molecule has 0 radical (unpaired) electrons. The van der Waals surface area contributed by atoms with Crippen LogP contribution in [0.4, 0.5) is 5.69 Å². The first-order chi connectivity index (χ1) is 16.5. The number of hydrogen-bond acceptors (Lipinski definition) is 6. The number of fused-ring (bicyclic) bond motifs is 1. The maximum atomic E-state index is 13.7. The molecule has 4 fully saturated rings. The van der Waals surface area contributed by atoms with Gasteiger partial charge in [0.25, 0.3) is 5.91 Å². The van der Waals surface area contributed by atoms with E-state index in [9.17, 15) is 14.4 Å². The predicted octanol–water partition coefficient (Wildman–Crippen LogP) is 1.83. The molecular formula is C26H36N4O4. The number of benzene rings is 1. The fourth-order valence-electron chi connectivity index (χ4n) is 6.13. The lowest BCUT2D eigenvalue weighted by Gasteiger charge is -2.36. The molecule has 1 N–H and O–H groups in total. The largest absolute Gasteiger partial charge is 0.369 e. The summed E-state index contributed by atoms with van der Waals surface area (Å²) in [6.07, 6.45) is 4.67. The Morgan fingerprint density at radius 1 is 1.06 bits per heavy atom. The van der Waals surface area contributed by atoms with Crippen molar-refractivity contribution in [2.75, 3.05) is 50.8 Å². The summed E-state index contributed by atoms with van der Waals surface area (Å²) in [5, 5.41) is 3.10. The Bertz CT molecular complexity index is 919. The van der Waals surface area contributed by atoms with Gasteiger partial charge in [0.1, 0.15) is 18.2 Å². The van der Waals surface area contributed by atoms with Crippen molar-refractivity contribution < 1.29 is 19.1 Å². The smallest absolute Gasteiger partial charge is 0.252 e. The SMILES string of the molecule is CCCN1CCN(c2ccc(C(=O)NC3(C(=O)N4CC[C@H]5OCC(=O)[C@H]54)CCCC3)cc2)CC1. The highest BCUT2D eigenvalue weighted by Crippen LogP contribution is 2.36. The molecule has 0 spiro atoms. The zero-order valence-corrected chi connectivity index (χ0v) is 20.1. The summed E-state index contributed by atoms with van der Waals surface area (Å²) in [5.74, 6) is -0.368. The van der Waals surface area contributed by atoms with Gasteiger partial charge >= 0.3 is 0 Å². The second-order valence-electron chi connectivity index (χ2n) is 10.2. The summed E-state index contributed by atoms with van der Waals surface area (Å²) in [7, 11) is 0. The summed E-state index contributed by atoms with van der Waals surface area (Å²) in [5.41, 5.74) is 0.762. The minimum absolute atomic E-state index is 0.0264. The van der Waals surface area contributed by atoms with Gasteiger partial charge in [-0.25, -0.2) is 0 Å². The molecule has 0 bridgehead atoms. The first-order valence-corrected chi connectivity index (χ1v) is 12.9. The molecule has 1 aromatic carbocycles. The van der Waals surface area contributed by atoms with Gasteiger partial charge in [-0.15, -0.1) is 0 Å². The Kier molecular flexibility index (Phi) is 6.62. The monoisotopic (exact) mass is 468 g/mol. The molecule has 5 rings (SSSR count). The van der Waals surface area contributed by atoms with Crippen LogP contribution in [0, 0.1) is 0 Å². The number of amides is 2. The van der Waals surface area contributed by atoms with Gasteiger partial charge in [0.05, 0.1) is 6.10 Å². The van der Waals surface area contributed by atoms with E-state index in [1.165, 1.54) is 6.42 Å². The van der Waals surface area contributed by atoms with Crippen molar-refractivity contribution in [1.82, 2.24) is 15.1 Å². The second kappa shape index (κ2) is 9.66.